The van der Waals surface area contributed by atoms with Crippen LogP contribution >= 0.6 is 0 Å². The minimum Gasteiger partial charge on any atom is -0.452 e. The van der Waals surface area contributed by atoms with Gasteiger partial charge in [0.15, 0.2) is 6.10 Å². The molecule has 1 aromatic carbocycles. The summed E-state index contributed by atoms with van der Waals surface area (Å²) in [6, 6.07) is 10.2. The summed E-state index contributed by atoms with van der Waals surface area (Å²) in [5.74, 6) is -0.174. The molecule has 0 radical (unpaired) electrons. The van der Waals surface area contributed by atoms with Crippen LogP contribution in [0.5, 0.6) is 0 Å². The number of amides is 1. The smallest absolute Gasteiger partial charge is 0.307 e. The van der Waals surface area contributed by atoms with Gasteiger partial charge >= 0.3 is 5.97 Å². The number of carbonyl (C=O) groups is 2. The van der Waals surface area contributed by atoms with Gasteiger partial charge in [-0.05, 0) is 23.8 Å². The molecule has 2 atom stereocenters. The molecule has 5 nitrogen and oxygen atoms in total. The van der Waals surface area contributed by atoms with E-state index in [1.165, 1.54) is 5.56 Å². The Morgan fingerprint density at radius 1 is 1.19 bits per heavy atom. The number of hydrogen-bond donors (Lipinski definition) is 0. The molecule has 26 heavy (non-hydrogen) atoms. The SMILES string of the molecule is COCCN1C[C@H](c2ccccc2)CC[C@@H](OC(=O)CC(C)(C)C)C1=O. The topological polar surface area (TPSA) is 55.8 Å². The number of likely N-dealkylation sites (tertiary alicyclic amines) is 1. The zero-order valence-corrected chi connectivity index (χ0v) is 16.4. The van der Waals surface area contributed by atoms with Gasteiger partial charge < -0.3 is 14.4 Å². The largest absolute Gasteiger partial charge is 0.452 e. The van der Waals surface area contributed by atoms with E-state index >= 15 is 0 Å². The number of methoxy groups -OCH3 is 1. The second kappa shape index (κ2) is 9.17. The van der Waals surface area contributed by atoms with Gasteiger partial charge in [-0.15, -0.1) is 0 Å². The predicted molar refractivity (Wildman–Crippen MR) is 101 cm³/mol. The normalized spacial score (nSPS) is 21.4. The van der Waals surface area contributed by atoms with Crippen LogP contribution in [0.1, 0.15) is 51.5 Å². The van der Waals surface area contributed by atoms with E-state index in [0.29, 0.717) is 32.5 Å². The number of nitrogens with zero attached hydrogens (tertiary/aromatic N) is 1. The number of carbonyl (C=O) groups excluding carboxylic acids is 2. The lowest BCUT2D eigenvalue weighted by atomic mass is 9.92. The van der Waals surface area contributed by atoms with Gasteiger partial charge in [0.05, 0.1) is 13.0 Å². The minimum absolute atomic E-state index is 0.109. The van der Waals surface area contributed by atoms with E-state index in [-0.39, 0.29) is 23.2 Å². The van der Waals surface area contributed by atoms with Crippen molar-refractivity contribution in [3.63, 3.8) is 0 Å². The maximum Gasteiger partial charge on any atom is 0.307 e. The van der Waals surface area contributed by atoms with Gasteiger partial charge in [0.1, 0.15) is 0 Å². The molecule has 0 N–H and O–H groups in total. The third-order valence-electron chi connectivity index (χ3n) is 4.59. The first-order valence-electron chi connectivity index (χ1n) is 9.32. The molecule has 1 aliphatic rings. The van der Waals surface area contributed by atoms with Crippen molar-refractivity contribution in [3.8, 4) is 0 Å². The van der Waals surface area contributed by atoms with E-state index in [4.69, 9.17) is 9.47 Å². The molecule has 0 aliphatic carbocycles. The minimum atomic E-state index is -0.699. The fraction of sp³-hybridized carbons (Fsp3) is 0.619. The van der Waals surface area contributed by atoms with Gasteiger partial charge in [-0.3, -0.25) is 9.59 Å². The average molecular weight is 361 g/mol. The Bertz CT molecular complexity index is 594. The third-order valence-corrected chi connectivity index (χ3v) is 4.59. The molecule has 0 aromatic heterocycles. The molecule has 0 spiro atoms. The molecule has 5 heteroatoms. The highest BCUT2D eigenvalue weighted by atomic mass is 16.5. The molecule has 1 aliphatic heterocycles. The molecule has 1 fully saturated rings. The van der Waals surface area contributed by atoms with Gasteiger partial charge in [-0.1, -0.05) is 51.1 Å². The summed E-state index contributed by atoms with van der Waals surface area (Å²) in [5.41, 5.74) is 1.05. The lowest BCUT2D eigenvalue weighted by molar-refractivity contribution is -0.161. The number of esters is 1. The van der Waals surface area contributed by atoms with Crippen LogP contribution in [0.15, 0.2) is 30.3 Å². The molecule has 0 saturated carbocycles. The van der Waals surface area contributed by atoms with Crippen LogP contribution in [0.4, 0.5) is 0 Å². The molecule has 1 amide bonds. The Morgan fingerprint density at radius 2 is 1.88 bits per heavy atom. The summed E-state index contributed by atoms with van der Waals surface area (Å²) in [6.07, 6.45) is 0.969. The lowest BCUT2D eigenvalue weighted by Crippen LogP contribution is -2.42. The number of rotatable bonds is 6. The first-order valence-corrected chi connectivity index (χ1v) is 9.32. The predicted octanol–water partition coefficient (Wildman–Crippen LogP) is 3.39. The van der Waals surface area contributed by atoms with Gasteiger partial charge in [-0.25, -0.2) is 0 Å². The van der Waals surface area contributed by atoms with E-state index in [1.807, 2.05) is 39.0 Å². The third kappa shape index (κ3) is 6.13. The van der Waals surface area contributed by atoms with Crippen molar-refractivity contribution in [2.75, 3.05) is 26.8 Å². The highest BCUT2D eigenvalue weighted by Crippen LogP contribution is 2.29. The molecule has 1 aromatic rings. The summed E-state index contributed by atoms with van der Waals surface area (Å²) in [7, 11) is 1.62. The second-order valence-corrected chi connectivity index (χ2v) is 8.18. The average Bonchev–Trinajstić information content (AvgIpc) is 2.72. The standard InChI is InChI=1S/C21H31NO4/c1-21(2,3)14-19(23)26-18-11-10-17(16-8-6-5-7-9-16)15-22(20(18)24)12-13-25-4/h5-9,17-18H,10-15H2,1-4H3/t17-,18-/m1/s1. The number of hydrogen-bond acceptors (Lipinski definition) is 4. The van der Waals surface area contributed by atoms with Crippen LogP contribution in [0, 0.1) is 5.41 Å². The summed E-state index contributed by atoms with van der Waals surface area (Å²) in [6.45, 7) is 7.56. The molecular weight excluding hydrogens is 330 g/mol. The van der Waals surface area contributed by atoms with Crippen LogP contribution in [-0.4, -0.2) is 49.7 Å². The Balaban J connectivity index is 2.12. The highest BCUT2D eigenvalue weighted by Gasteiger charge is 2.34. The van der Waals surface area contributed by atoms with Crippen molar-refractivity contribution < 1.29 is 19.1 Å². The van der Waals surface area contributed by atoms with Crippen LogP contribution in [0.2, 0.25) is 0 Å². The molecule has 1 heterocycles. The number of benzene rings is 1. The maximum atomic E-state index is 12.9. The Morgan fingerprint density at radius 3 is 2.50 bits per heavy atom. The Labute approximate surface area is 156 Å². The summed E-state index contributed by atoms with van der Waals surface area (Å²) < 4.78 is 10.7. The lowest BCUT2D eigenvalue weighted by Gasteiger charge is -2.26. The van der Waals surface area contributed by atoms with E-state index in [0.717, 1.165) is 6.42 Å². The molecule has 2 rings (SSSR count). The van der Waals surface area contributed by atoms with E-state index in [1.54, 1.807) is 12.0 Å². The van der Waals surface area contributed by atoms with Gasteiger partial charge in [0.2, 0.25) is 0 Å². The first kappa shape index (κ1) is 20.4. The van der Waals surface area contributed by atoms with Crippen LogP contribution in [0.3, 0.4) is 0 Å². The number of ether oxygens (including phenoxy) is 2. The Hall–Kier alpha value is -1.88. The molecule has 0 bridgehead atoms. The quantitative estimate of drug-likeness (QED) is 0.729. The molecule has 144 valence electrons. The summed E-state index contributed by atoms with van der Waals surface area (Å²) in [5, 5.41) is 0. The van der Waals surface area contributed by atoms with E-state index < -0.39 is 6.10 Å². The fourth-order valence-corrected chi connectivity index (χ4v) is 3.27. The fourth-order valence-electron chi connectivity index (χ4n) is 3.27. The van der Waals surface area contributed by atoms with Crippen molar-refractivity contribution in [1.82, 2.24) is 4.90 Å². The van der Waals surface area contributed by atoms with Crippen molar-refractivity contribution >= 4 is 11.9 Å². The van der Waals surface area contributed by atoms with Gasteiger partial charge in [0, 0.05) is 26.1 Å². The maximum absolute atomic E-state index is 12.9. The Kier molecular flexibility index (Phi) is 7.21. The van der Waals surface area contributed by atoms with Crippen molar-refractivity contribution in [1.29, 1.82) is 0 Å². The van der Waals surface area contributed by atoms with E-state index in [9.17, 15) is 9.59 Å². The molecular formula is C21H31NO4. The monoisotopic (exact) mass is 361 g/mol. The first-order chi connectivity index (χ1) is 12.3. The van der Waals surface area contributed by atoms with Crippen molar-refractivity contribution in [3.05, 3.63) is 35.9 Å². The summed E-state index contributed by atoms with van der Waals surface area (Å²) in [4.78, 5) is 26.9. The van der Waals surface area contributed by atoms with Gasteiger partial charge in [0.25, 0.3) is 5.91 Å². The summed E-state index contributed by atoms with van der Waals surface area (Å²) >= 11 is 0. The van der Waals surface area contributed by atoms with Crippen LogP contribution in [-0.2, 0) is 19.1 Å². The van der Waals surface area contributed by atoms with Gasteiger partial charge in [-0.2, -0.15) is 0 Å². The highest BCUT2D eigenvalue weighted by molar-refractivity contribution is 5.84. The van der Waals surface area contributed by atoms with Crippen LogP contribution < -0.4 is 0 Å². The van der Waals surface area contributed by atoms with Crippen LogP contribution in [0.25, 0.3) is 0 Å². The second-order valence-electron chi connectivity index (χ2n) is 8.18. The zero-order valence-electron chi connectivity index (χ0n) is 16.4. The van der Waals surface area contributed by atoms with Crippen molar-refractivity contribution in [2.24, 2.45) is 5.41 Å². The van der Waals surface area contributed by atoms with E-state index in [2.05, 4.69) is 12.1 Å². The molecule has 0 unspecified atom stereocenters. The molecule has 1 saturated heterocycles. The van der Waals surface area contributed by atoms with Crippen molar-refractivity contribution in [2.45, 2.75) is 52.1 Å². The zero-order chi connectivity index (χ0) is 19.2.